The van der Waals surface area contributed by atoms with Crippen LogP contribution in [0.15, 0.2) is 48.7 Å². The molecule has 0 atom stereocenters. The maximum absolute atomic E-state index is 12.6. The van der Waals surface area contributed by atoms with Gasteiger partial charge in [0.05, 0.1) is 17.1 Å². The smallest absolute Gasteiger partial charge is 0.234 e. The maximum Gasteiger partial charge on any atom is 0.234 e. The Hall–Kier alpha value is -2.82. The van der Waals surface area contributed by atoms with Crippen LogP contribution in [-0.2, 0) is 10.2 Å². The van der Waals surface area contributed by atoms with Crippen molar-refractivity contribution in [2.45, 2.75) is 19.3 Å². The molecule has 0 bridgehead atoms. The molecule has 0 fully saturated rings. The Labute approximate surface area is 128 Å². The van der Waals surface area contributed by atoms with Crippen molar-refractivity contribution in [2.75, 3.05) is 11.1 Å². The van der Waals surface area contributed by atoms with Gasteiger partial charge in [0.15, 0.2) is 0 Å². The zero-order chi connectivity index (χ0) is 15.7. The third-order valence-electron chi connectivity index (χ3n) is 3.90. The van der Waals surface area contributed by atoms with Gasteiger partial charge in [0.2, 0.25) is 5.91 Å². The summed E-state index contributed by atoms with van der Waals surface area (Å²) < 4.78 is 0. The highest BCUT2D eigenvalue weighted by Crippen LogP contribution is 2.26. The minimum atomic E-state index is -0.656. The highest BCUT2D eigenvalue weighted by atomic mass is 16.2. The van der Waals surface area contributed by atoms with Gasteiger partial charge in [-0.15, -0.1) is 0 Å². The fraction of sp³-hybridized carbons (Fsp3) is 0.176. The van der Waals surface area contributed by atoms with E-state index in [4.69, 9.17) is 5.73 Å². The zero-order valence-corrected chi connectivity index (χ0v) is 12.6. The van der Waals surface area contributed by atoms with Crippen LogP contribution in [0.4, 0.5) is 11.4 Å². The molecule has 1 aromatic heterocycles. The van der Waals surface area contributed by atoms with Gasteiger partial charge in [-0.05, 0) is 49.7 Å². The van der Waals surface area contributed by atoms with Crippen molar-refractivity contribution >= 4 is 28.2 Å². The van der Waals surface area contributed by atoms with Crippen molar-refractivity contribution in [3.63, 3.8) is 0 Å². The minimum absolute atomic E-state index is 0.0730. The third-order valence-corrected chi connectivity index (χ3v) is 3.90. The Morgan fingerprint density at radius 2 is 1.91 bits per heavy atom. The highest BCUT2D eigenvalue weighted by Gasteiger charge is 2.29. The molecule has 22 heavy (non-hydrogen) atoms. The lowest BCUT2D eigenvalue weighted by atomic mass is 9.83. The Bertz CT molecular complexity index is 818. The van der Waals surface area contributed by atoms with Crippen molar-refractivity contribution < 1.29 is 4.79 Å². The Morgan fingerprint density at radius 1 is 1.18 bits per heavy atom. The molecule has 1 amide bonds. The van der Waals surface area contributed by atoms with Gasteiger partial charge >= 0.3 is 0 Å². The molecule has 1 heterocycles. The fourth-order valence-electron chi connectivity index (χ4n) is 2.33. The van der Waals surface area contributed by atoms with Gasteiger partial charge in [-0.2, -0.15) is 5.10 Å². The van der Waals surface area contributed by atoms with Gasteiger partial charge in [0, 0.05) is 16.8 Å². The Balaban J connectivity index is 1.84. The topological polar surface area (TPSA) is 83.8 Å². The van der Waals surface area contributed by atoms with Crippen LogP contribution in [0.3, 0.4) is 0 Å². The maximum atomic E-state index is 12.6. The summed E-state index contributed by atoms with van der Waals surface area (Å²) in [6.45, 7) is 3.78. The van der Waals surface area contributed by atoms with Crippen LogP contribution in [0.25, 0.3) is 10.9 Å². The van der Waals surface area contributed by atoms with E-state index in [9.17, 15) is 4.79 Å². The van der Waals surface area contributed by atoms with Gasteiger partial charge in [0.25, 0.3) is 0 Å². The summed E-state index contributed by atoms with van der Waals surface area (Å²) in [5.74, 6) is -0.0730. The van der Waals surface area contributed by atoms with E-state index in [0.717, 1.165) is 22.2 Å². The summed E-state index contributed by atoms with van der Waals surface area (Å²) in [6, 6.07) is 13.0. The number of benzene rings is 2. The van der Waals surface area contributed by atoms with E-state index < -0.39 is 5.41 Å². The summed E-state index contributed by atoms with van der Waals surface area (Å²) in [7, 11) is 0. The number of H-pyrrole nitrogens is 1. The predicted octanol–water partition coefficient (Wildman–Crippen LogP) is 3.06. The number of nitrogen functional groups attached to an aromatic ring is 1. The second kappa shape index (κ2) is 5.18. The van der Waals surface area contributed by atoms with Crippen LogP contribution in [0.1, 0.15) is 19.4 Å². The molecule has 0 saturated carbocycles. The number of fused-ring (bicyclic) bond motifs is 1. The number of nitrogens with one attached hydrogen (secondary N) is 2. The van der Waals surface area contributed by atoms with Crippen LogP contribution < -0.4 is 11.1 Å². The number of nitrogens with two attached hydrogens (primary N) is 1. The molecular weight excluding hydrogens is 276 g/mol. The number of anilines is 2. The number of aromatic amines is 1. The van der Waals surface area contributed by atoms with Crippen LogP contribution in [0, 0.1) is 0 Å². The van der Waals surface area contributed by atoms with Gasteiger partial charge in [-0.25, -0.2) is 0 Å². The van der Waals surface area contributed by atoms with Gasteiger partial charge in [0.1, 0.15) is 0 Å². The van der Waals surface area contributed by atoms with Crippen molar-refractivity contribution in [3.05, 3.63) is 54.2 Å². The summed E-state index contributed by atoms with van der Waals surface area (Å²) >= 11 is 0. The SMILES string of the molecule is CC(C)(C(=O)Nc1ccc2cn[nH]c2c1)c1ccc(N)cc1. The van der Waals surface area contributed by atoms with Gasteiger partial charge in [-0.1, -0.05) is 12.1 Å². The number of nitrogens with zero attached hydrogens (tertiary/aromatic N) is 1. The Kier molecular flexibility index (Phi) is 3.33. The number of amides is 1. The van der Waals surface area contributed by atoms with Crippen molar-refractivity contribution in [1.82, 2.24) is 10.2 Å². The first kappa shape index (κ1) is 14.1. The highest BCUT2D eigenvalue weighted by molar-refractivity contribution is 5.99. The van der Waals surface area contributed by atoms with E-state index in [1.54, 1.807) is 18.3 Å². The number of carbonyl (C=O) groups excluding carboxylic acids is 1. The first-order valence-electron chi connectivity index (χ1n) is 7.07. The average molecular weight is 294 g/mol. The van der Waals surface area contributed by atoms with E-state index in [0.29, 0.717) is 5.69 Å². The van der Waals surface area contributed by atoms with Crippen molar-refractivity contribution in [2.24, 2.45) is 0 Å². The molecular formula is C17H18N4O. The monoisotopic (exact) mass is 294 g/mol. The third kappa shape index (κ3) is 2.53. The van der Waals surface area contributed by atoms with E-state index in [1.165, 1.54) is 0 Å². The fourth-order valence-corrected chi connectivity index (χ4v) is 2.33. The molecule has 4 N–H and O–H groups in total. The number of hydrogen-bond donors (Lipinski definition) is 3. The molecule has 0 aliphatic carbocycles. The molecule has 0 aliphatic rings. The molecule has 112 valence electrons. The molecule has 0 radical (unpaired) electrons. The number of rotatable bonds is 3. The van der Waals surface area contributed by atoms with Gasteiger partial charge < -0.3 is 11.1 Å². The molecule has 0 saturated heterocycles. The predicted molar refractivity (Wildman–Crippen MR) is 88.6 cm³/mol. The summed E-state index contributed by atoms with van der Waals surface area (Å²) in [5, 5.41) is 10.8. The summed E-state index contributed by atoms with van der Waals surface area (Å²) in [4.78, 5) is 12.6. The van der Waals surface area contributed by atoms with E-state index in [1.807, 2.05) is 44.2 Å². The Morgan fingerprint density at radius 3 is 2.64 bits per heavy atom. The van der Waals surface area contributed by atoms with Crippen LogP contribution >= 0.6 is 0 Å². The number of aromatic nitrogens is 2. The second-order valence-corrected chi connectivity index (χ2v) is 5.87. The van der Waals surface area contributed by atoms with E-state index in [-0.39, 0.29) is 5.91 Å². The molecule has 0 unspecified atom stereocenters. The molecule has 3 rings (SSSR count). The lowest BCUT2D eigenvalue weighted by Gasteiger charge is -2.24. The van der Waals surface area contributed by atoms with E-state index >= 15 is 0 Å². The first-order chi connectivity index (χ1) is 10.5. The quantitative estimate of drug-likeness (QED) is 0.649. The zero-order valence-electron chi connectivity index (χ0n) is 12.6. The molecule has 5 nitrogen and oxygen atoms in total. The normalized spacial score (nSPS) is 11.5. The molecule has 5 heteroatoms. The summed E-state index contributed by atoms with van der Waals surface area (Å²) in [5.41, 5.74) is 8.28. The lowest BCUT2D eigenvalue weighted by Crippen LogP contribution is -2.34. The number of carbonyl (C=O) groups is 1. The standard InChI is InChI=1S/C17H18N4O/c1-17(2,12-4-6-13(18)7-5-12)16(22)20-14-8-3-11-10-19-21-15(11)9-14/h3-10H,18H2,1-2H3,(H,19,21)(H,20,22). The molecule has 0 aliphatic heterocycles. The molecule has 0 spiro atoms. The van der Waals surface area contributed by atoms with Crippen LogP contribution in [0.2, 0.25) is 0 Å². The van der Waals surface area contributed by atoms with Crippen molar-refractivity contribution in [3.8, 4) is 0 Å². The van der Waals surface area contributed by atoms with Crippen LogP contribution in [-0.4, -0.2) is 16.1 Å². The van der Waals surface area contributed by atoms with Crippen molar-refractivity contribution in [1.29, 1.82) is 0 Å². The average Bonchev–Trinajstić information content (AvgIpc) is 2.95. The van der Waals surface area contributed by atoms with Crippen LogP contribution in [0.5, 0.6) is 0 Å². The molecule has 3 aromatic rings. The number of hydrogen-bond acceptors (Lipinski definition) is 3. The molecule has 2 aromatic carbocycles. The van der Waals surface area contributed by atoms with Gasteiger partial charge in [-0.3, -0.25) is 9.89 Å². The lowest BCUT2D eigenvalue weighted by molar-refractivity contribution is -0.120. The second-order valence-electron chi connectivity index (χ2n) is 5.87. The van der Waals surface area contributed by atoms with E-state index in [2.05, 4.69) is 15.5 Å². The largest absolute Gasteiger partial charge is 0.399 e. The minimum Gasteiger partial charge on any atom is -0.399 e. The first-order valence-corrected chi connectivity index (χ1v) is 7.07. The summed E-state index contributed by atoms with van der Waals surface area (Å²) in [6.07, 6.45) is 1.75.